The molecule has 24 heavy (non-hydrogen) atoms. The van der Waals surface area contributed by atoms with E-state index in [1.807, 2.05) is 6.07 Å². The van der Waals surface area contributed by atoms with Gasteiger partial charge in [0.05, 0.1) is 11.1 Å². The van der Waals surface area contributed by atoms with E-state index in [1.54, 1.807) is 12.1 Å². The molecular formula is C16H16F3N5. The molecule has 1 fully saturated rings. The van der Waals surface area contributed by atoms with Crippen molar-refractivity contribution in [2.45, 2.75) is 44.9 Å². The number of hydrogen-bond acceptors (Lipinski definition) is 4. The summed E-state index contributed by atoms with van der Waals surface area (Å²) in [5.74, 6) is 0. The molecule has 8 heteroatoms. The molecular weight excluding hydrogens is 319 g/mol. The van der Waals surface area contributed by atoms with Crippen LogP contribution in [0.15, 0.2) is 24.3 Å². The summed E-state index contributed by atoms with van der Waals surface area (Å²) in [4.78, 5) is 2.18. The highest BCUT2D eigenvalue weighted by Crippen LogP contribution is 2.38. The minimum atomic E-state index is -4.47. The average Bonchev–Trinajstić information content (AvgIpc) is 3.11. The van der Waals surface area contributed by atoms with Gasteiger partial charge in [-0.25, -0.2) is 0 Å². The minimum absolute atomic E-state index is 0.0884. The number of nitrogens with zero attached hydrogens (tertiary/aromatic N) is 5. The Bertz CT molecular complexity index is 907. The lowest BCUT2D eigenvalue weighted by molar-refractivity contribution is -0.136. The molecule has 1 aliphatic rings. The van der Waals surface area contributed by atoms with Crippen molar-refractivity contribution in [1.82, 2.24) is 20.0 Å². The third kappa shape index (κ3) is 2.20. The van der Waals surface area contributed by atoms with Crippen molar-refractivity contribution in [2.24, 2.45) is 0 Å². The lowest BCUT2D eigenvalue weighted by Gasteiger charge is -2.29. The SMILES string of the molecule is CC1CCC(C)N1c1ccc2c(c1)c(C(F)(F)F)cc1nnnn12. The number of anilines is 1. The van der Waals surface area contributed by atoms with Crippen molar-refractivity contribution in [3.05, 3.63) is 29.8 Å². The number of rotatable bonds is 1. The Kier molecular flexibility index (Phi) is 3.20. The lowest BCUT2D eigenvalue weighted by Crippen LogP contribution is -2.32. The van der Waals surface area contributed by atoms with Crippen LogP contribution in [0.4, 0.5) is 18.9 Å². The van der Waals surface area contributed by atoms with Gasteiger partial charge in [0.2, 0.25) is 0 Å². The van der Waals surface area contributed by atoms with Gasteiger partial charge in [-0.05, 0) is 61.4 Å². The summed E-state index contributed by atoms with van der Waals surface area (Å²) >= 11 is 0. The molecule has 0 radical (unpaired) electrons. The first-order valence-corrected chi connectivity index (χ1v) is 7.86. The van der Waals surface area contributed by atoms with Crippen molar-refractivity contribution >= 4 is 22.2 Å². The van der Waals surface area contributed by atoms with Crippen molar-refractivity contribution in [2.75, 3.05) is 4.90 Å². The highest BCUT2D eigenvalue weighted by molar-refractivity contribution is 5.88. The summed E-state index contributed by atoms with van der Waals surface area (Å²) in [5.41, 5.74) is 0.539. The molecule has 3 heterocycles. The Balaban J connectivity index is 1.99. The number of alkyl halides is 3. The Labute approximate surface area is 136 Å². The lowest BCUT2D eigenvalue weighted by atomic mass is 10.1. The van der Waals surface area contributed by atoms with Crippen LogP contribution in [0, 0.1) is 0 Å². The van der Waals surface area contributed by atoms with Crippen LogP contribution in [0.5, 0.6) is 0 Å². The maximum absolute atomic E-state index is 13.5. The van der Waals surface area contributed by atoms with E-state index in [1.165, 1.54) is 4.52 Å². The number of tetrazole rings is 1. The summed E-state index contributed by atoms with van der Waals surface area (Å²) in [6.45, 7) is 4.20. The van der Waals surface area contributed by atoms with Crippen LogP contribution in [-0.4, -0.2) is 32.1 Å². The molecule has 5 nitrogen and oxygen atoms in total. The largest absolute Gasteiger partial charge is 0.417 e. The smallest absolute Gasteiger partial charge is 0.366 e. The molecule has 2 unspecified atom stereocenters. The number of hydrogen-bond donors (Lipinski definition) is 0. The Morgan fingerprint density at radius 3 is 2.46 bits per heavy atom. The van der Waals surface area contributed by atoms with Gasteiger partial charge in [0.25, 0.3) is 0 Å². The fourth-order valence-electron chi connectivity index (χ4n) is 3.69. The quantitative estimate of drug-likeness (QED) is 0.681. The van der Waals surface area contributed by atoms with Crippen molar-refractivity contribution < 1.29 is 13.2 Å². The van der Waals surface area contributed by atoms with Gasteiger partial charge in [0.1, 0.15) is 0 Å². The highest BCUT2D eigenvalue weighted by atomic mass is 19.4. The fourth-order valence-corrected chi connectivity index (χ4v) is 3.69. The summed E-state index contributed by atoms with van der Waals surface area (Å²) in [7, 11) is 0. The number of halogens is 3. The maximum Gasteiger partial charge on any atom is 0.417 e. The molecule has 0 bridgehead atoms. The summed E-state index contributed by atoms with van der Waals surface area (Å²) in [5, 5.41) is 11.1. The van der Waals surface area contributed by atoms with Crippen LogP contribution in [-0.2, 0) is 6.18 Å². The first-order chi connectivity index (χ1) is 11.4. The van der Waals surface area contributed by atoms with E-state index >= 15 is 0 Å². The van der Waals surface area contributed by atoms with Gasteiger partial charge in [0.15, 0.2) is 5.65 Å². The summed E-state index contributed by atoms with van der Waals surface area (Å²) in [6.07, 6.45) is -2.39. The molecule has 126 valence electrons. The minimum Gasteiger partial charge on any atom is -0.366 e. The third-order valence-corrected chi connectivity index (χ3v) is 4.82. The van der Waals surface area contributed by atoms with Crippen LogP contribution in [0.25, 0.3) is 16.6 Å². The molecule has 0 amide bonds. The van der Waals surface area contributed by atoms with Gasteiger partial charge >= 0.3 is 6.18 Å². The first kappa shape index (κ1) is 15.2. The first-order valence-electron chi connectivity index (χ1n) is 7.86. The second-order valence-corrected chi connectivity index (χ2v) is 6.39. The van der Waals surface area contributed by atoms with Crippen LogP contribution in [0.2, 0.25) is 0 Å². The predicted molar refractivity (Wildman–Crippen MR) is 83.9 cm³/mol. The van der Waals surface area contributed by atoms with Crippen LogP contribution >= 0.6 is 0 Å². The number of benzene rings is 1. The molecule has 0 aliphatic carbocycles. The van der Waals surface area contributed by atoms with E-state index in [4.69, 9.17) is 0 Å². The molecule has 0 spiro atoms. The van der Waals surface area contributed by atoms with Gasteiger partial charge in [-0.2, -0.15) is 17.7 Å². The van der Waals surface area contributed by atoms with Crippen molar-refractivity contribution in [1.29, 1.82) is 0 Å². The Morgan fingerprint density at radius 1 is 1.08 bits per heavy atom. The summed E-state index contributed by atoms with van der Waals surface area (Å²) in [6, 6.07) is 6.75. The standard InChI is InChI=1S/C16H16F3N5/c1-9-3-4-10(2)23(9)11-5-6-14-12(7-11)13(16(17,18)19)8-15-20-21-22-24(14)15/h5-10H,3-4H2,1-2H3. The van der Waals surface area contributed by atoms with Crippen LogP contribution in [0.1, 0.15) is 32.3 Å². The third-order valence-electron chi connectivity index (χ3n) is 4.82. The van der Waals surface area contributed by atoms with Gasteiger partial charge in [-0.3, -0.25) is 0 Å². The van der Waals surface area contributed by atoms with Gasteiger partial charge in [-0.15, -0.1) is 5.10 Å². The number of pyridine rings is 1. The zero-order chi connectivity index (χ0) is 17.1. The fraction of sp³-hybridized carbons (Fsp3) is 0.438. The molecule has 1 aromatic carbocycles. The van der Waals surface area contributed by atoms with Crippen molar-refractivity contribution in [3.8, 4) is 0 Å². The monoisotopic (exact) mass is 335 g/mol. The molecule has 0 N–H and O–H groups in total. The second-order valence-electron chi connectivity index (χ2n) is 6.39. The zero-order valence-corrected chi connectivity index (χ0v) is 13.2. The molecule has 1 saturated heterocycles. The van der Waals surface area contributed by atoms with E-state index in [9.17, 15) is 13.2 Å². The molecule has 1 aliphatic heterocycles. The predicted octanol–water partition coefficient (Wildman–Crippen LogP) is 3.67. The van der Waals surface area contributed by atoms with E-state index < -0.39 is 11.7 Å². The van der Waals surface area contributed by atoms with E-state index in [0.717, 1.165) is 24.6 Å². The van der Waals surface area contributed by atoms with Crippen molar-refractivity contribution in [3.63, 3.8) is 0 Å². The molecule has 4 rings (SSSR count). The highest BCUT2D eigenvalue weighted by Gasteiger charge is 2.35. The molecule has 0 saturated carbocycles. The summed E-state index contributed by atoms with van der Waals surface area (Å²) < 4.78 is 41.9. The topological polar surface area (TPSA) is 46.3 Å². The zero-order valence-electron chi connectivity index (χ0n) is 13.2. The second kappa shape index (κ2) is 5.06. The number of aromatic nitrogens is 4. The van der Waals surface area contributed by atoms with E-state index in [0.29, 0.717) is 17.6 Å². The van der Waals surface area contributed by atoms with Gasteiger partial charge in [0, 0.05) is 23.2 Å². The van der Waals surface area contributed by atoms with Crippen LogP contribution < -0.4 is 4.90 Å². The Hall–Kier alpha value is -2.38. The molecule has 2 aromatic heterocycles. The van der Waals surface area contributed by atoms with Gasteiger partial charge in [-0.1, -0.05) is 0 Å². The molecule has 3 aromatic rings. The normalized spacial score (nSPS) is 22.0. The maximum atomic E-state index is 13.5. The van der Waals surface area contributed by atoms with E-state index in [-0.39, 0.29) is 11.0 Å². The van der Waals surface area contributed by atoms with E-state index in [2.05, 4.69) is 34.3 Å². The Morgan fingerprint density at radius 2 is 1.79 bits per heavy atom. The molecule has 2 atom stereocenters. The number of fused-ring (bicyclic) bond motifs is 3. The average molecular weight is 335 g/mol. The van der Waals surface area contributed by atoms with Crippen LogP contribution in [0.3, 0.4) is 0 Å². The van der Waals surface area contributed by atoms with Gasteiger partial charge < -0.3 is 4.90 Å².